The average molecular weight is 353 g/mol. The smallest absolute Gasteiger partial charge is 0.303 e. The van der Waals surface area contributed by atoms with E-state index in [1.165, 1.54) is 0 Å². The van der Waals surface area contributed by atoms with Crippen molar-refractivity contribution in [2.75, 3.05) is 6.54 Å². The van der Waals surface area contributed by atoms with Gasteiger partial charge in [-0.1, -0.05) is 30.3 Å². The molecule has 0 unspecified atom stereocenters. The summed E-state index contributed by atoms with van der Waals surface area (Å²) in [7, 11) is 0. The number of benzene rings is 2. The normalized spacial score (nSPS) is 16.8. The highest BCUT2D eigenvalue weighted by Gasteiger charge is 2.33. The van der Waals surface area contributed by atoms with Crippen LogP contribution in [0.25, 0.3) is 11.1 Å². The minimum Gasteiger partial charge on any atom is -0.507 e. The van der Waals surface area contributed by atoms with E-state index in [9.17, 15) is 9.90 Å². The summed E-state index contributed by atoms with van der Waals surface area (Å²) in [5.41, 5.74) is 2.81. The van der Waals surface area contributed by atoms with E-state index in [4.69, 9.17) is 9.84 Å². The Hall–Kier alpha value is -2.82. The molecule has 26 heavy (non-hydrogen) atoms. The Bertz CT molecular complexity index is 841. The van der Waals surface area contributed by atoms with Crippen LogP contribution in [0.15, 0.2) is 47.5 Å². The SMILES string of the molecule is CC1(C)CC(=NCCCC(=O)O)c2c(O)cc(-c3ccccc3)cc2O1. The van der Waals surface area contributed by atoms with Crippen LogP contribution in [0.1, 0.15) is 38.7 Å². The topological polar surface area (TPSA) is 79.1 Å². The molecule has 0 aliphatic carbocycles. The van der Waals surface area contributed by atoms with Crippen molar-refractivity contribution in [3.63, 3.8) is 0 Å². The van der Waals surface area contributed by atoms with Gasteiger partial charge in [-0.2, -0.15) is 0 Å². The van der Waals surface area contributed by atoms with Crippen LogP contribution in [0.3, 0.4) is 0 Å². The number of carbonyl (C=O) groups is 1. The number of fused-ring (bicyclic) bond motifs is 1. The van der Waals surface area contributed by atoms with Gasteiger partial charge in [-0.15, -0.1) is 0 Å². The summed E-state index contributed by atoms with van der Waals surface area (Å²) in [6, 6.07) is 13.5. The number of ether oxygens (including phenoxy) is 1. The molecule has 1 heterocycles. The molecule has 5 nitrogen and oxygen atoms in total. The van der Waals surface area contributed by atoms with Gasteiger partial charge in [0.1, 0.15) is 17.1 Å². The summed E-state index contributed by atoms with van der Waals surface area (Å²) in [5, 5.41) is 19.4. The number of phenols is 1. The molecule has 0 bridgehead atoms. The molecule has 3 rings (SSSR count). The van der Waals surface area contributed by atoms with Gasteiger partial charge in [0.05, 0.1) is 11.3 Å². The molecule has 0 spiro atoms. The quantitative estimate of drug-likeness (QED) is 0.787. The van der Waals surface area contributed by atoms with Crippen LogP contribution >= 0.6 is 0 Å². The zero-order valence-corrected chi connectivity index (χ0v) is 15.0. The second-order valence-electron chi connectivity index (χ2n) is 7.10. The Kier molecular flexibility index (Phi) is 4.98. The Morgan fingerprint density at radius 2 is 1.92 bits per heavy atom. The molecule has 0 saturated heterocycles. The van der Waals surface area contributed by atoms with E-state index in [-0.39, 0.29) is 12.2 Å². The van der Waals surface area contributed by atoms with Crippen LogP contribution in [0.4, 0.5) is 0 Å². The molecule has 2 N–H and O–H groups in total. The zero-order valence-electron chi connectivity index (χ0n) is 15.0. The lowest BCUT2D eigenvalue weighted by Crippen LogP contribution is -2.36. The first-order valence-corrected chi connectivity index (χ1v) is 8.73. The molecule has 1 aliphatic rings. The number of nitrogens with zero attached hydrogens (tertiary/aromatic N) is 1. The van der Waals surface area contributed by atoms with Crippen molar-refractivity contribution in [1.29, 1.82) is 0 Å². The van der Waals surface area contributed by atoms with E-state index in [1.54, 1.807) is 6.07 Å². The van der Waals surface area contributed by atoms with Gasteiger partial charge < -0.3 is 14.9 Å². The van der Waals surface area contributed by atoms with Crippen molar-refractivity contribution in [1.82, 2.24) is 0 Å². The highest BCUT2D eigenvalue weighted by Crippen LogP contribution is 2.41. The molecule has 2 aromatic rings. The highest BCUT2D eigenvalue weighted by molar-refractivity contribution is 6.07. The van der Waals surface area contributed by atoms with Gasteiger partial charge in [0.2, 0.25) is 0 Å². The number of phenolic OH excluding ortho intramolecular Hbond substituents is 1. The fraction of sp³-hybridized carbons (Fsp3) is 0.333. The van der Waals surface area contributed by atoms with Crippen molar-refractivity contribution < 1.29 is 19.7 Å². The average Bonchev–Trinajstić information content (AvgIpc) is 2.57. The summed E-state index contributed by atoms with van der Waals surface area (Å²) in [6.45, 7) is 4.38. The van der Waals surface area contributed by atoms with Gasteiger partial charge in [0, 0.05) is 19.4 Å². The monoisotopic (exact) mass is 353 g/mol. The number of aliphatic imine (C=N–C) groups is 1. The minimum absolute atomic E-state index is 0.0858. The van der Waals surface area contributed by atoms with Crippen LogP contribution in [-0.2, 0) is 4.79 Å². The molecule has 2 aromatic carbocycles. The second-order valence-corrected chi connectivity index (χ2v) is 7.10. The van der Waals surface area contributed by atoms with E-state index >= 15 is 0 Å². The predicted molar refractivity (Wildman–Crippen MR) is 101 cm³/mol. The third-order valence-corrected chi connectivity index (χ3v) is 4.31. The number of carboxylic acid groups (broad SMARTS) is 1. The second kappa shape index (κ2) is 7.20. The van der Waals surface area contributed by atoms with E-state index in [0.29, 0.717) is 30.7 Å². The molecular formula is C21H23NO4. The summed E-state index contributed by atoms with van der Waals surface area (Å²) >= 11 is 0. The van der Waals surface area contributed by atoms with Crippen LogP contribution in [-0.4, -0.2) is 34.0 Å². The van der Waals surface area contributed by atoms with Crippen LogP contribution in [0.2, 0.25) is 0 Å². The van der Waals surface area contributed by atoms with Crippen molar-refractivity contribution in [2.45, 2.75) is 38.7 Å². The molecule has 0 aromatic heterocycles. The molecule has 136 valence electrons. The van der Waals surface area contributed by atoms with E-state index in [1.807, 2.05) is 50.2 Å². The summed E-state index contributed by atoms with van der Waals surface area (Å²) in [6.07, 6.45) is 1.12. The van der Waals surface area contributed by atoms with E-state index in [2.05, 4.69) is 4.99 Å². The van der Waals surface area contributed by atoms with Gasteiger partial charge in [0.25, 0.3) is 0 Å². The predicted octanol–water partition coefficient (Wildman–Crippen LogP) is 4.27. The Labute approximate surface area is 153 Å². The maximum Gasteiger partial charge on any atom is 0.303 e. The molecule has 0 amide bonds. The first-order valence-electron chi connectivity index (χ1n) is 8.73. The first-order chi connectivity index (χ1) is 12.4. The lowest BCUT2D eigenvalue weighted by Gasteiger charge is -2.34. The summed E-state index contributed by atoms with van der Waals surface area (Å²) < 4.78 is 6.10. The number of carboxylic acids is 1. The highest BCUT2D eigenvalue weighted by atomic mass is 16.5. The molecule has 0 fully saturated rings. The van der Waals surface area contributed by atoms with Crippen LogP contribution < -0.4 is 4.74 Å². The van der Waals surface area contributed by atoms with Gasteiger partial charge in [-0.3, -0.25) is 9.79 Å². The molecule has 5 heteroatoms. The lowest BCUT2D eigenvalue weighted by atomic mass is 9.90. The molecule has 1 aliphatic heterocycles. The van der Waals surface area contributed by atoms with Crippen molar-refractivity contribution in [2.24, 2.45) is 4.99 Å². The van der Waals surface area contributed by atoms with Gasteiger partial charge in [0.15, 0.2) is 0 Å². The number of hydrogen-bond donors (Lipinski definition) is 2. The van der Waals surface area contributed by atoms with Crippen molar-refractivity contribution >= 4 is 11.7 Å². The van der Waals surface area contributed by atoms with Crippen molar-refractivity contribution in [3.05, 3.63) is 48.0 Å². The molecule has 0 atom stereocenters. The number of aliphatic carboxylic acids is 1. The molecule has 0 radical (unpaired) electrons. The van der Waals surface area contributed by atoms with Gasteiger partial charge >= 0.3 is 5.97 Å². The fourth-order valence-electron chi connectivity index (χ4n) is 3.17. The molecule has 0 saturated carbocycles. The third-order valence-electron chi connectivity index (χ3n) is 4.31. The Morgan fingerprint density at radius 3 is 2.62 bits per heavy atom. The number of rotatable bonds is 5. The first kappa shape index (κ1) is 18.0. The van der Waals surface area contributed by atoms with E-state index < -0.39 is 11.6 Å². The van der Waals surface area contributed by atoms with E-state index in [0.717, 1.165) is 16.8 Å². The van der Waals surface area contributed by atoms with Crippen LogP contribution in [0, 0.1) is 0 Å². The zero-order chi connectivity index (χ0) is 18.7. The maximum absolute atomic E-state index is 10.7. The Balaban J connectivity index is 1.97. The third kappa shape index (κ3) is 4.04. The van der Waals surface area contributed by atoms with Gasteiger partial charge in [-0.05, 0) is 43.5 Å². The minimum atomic E-state index is -0.826. The van der Waals surface area contributed by atoms with Crippen LogP contribution in [0.5, 0.6) is 11.5 Å². The lowest BCUT2D eigenvalue weighted by molar-refractivity contribution is -0.137. The van der Waals surface area contributed by atoms with Gasteiger partial charge in [-0.25, -0.2) is 0 Å². The number of aromatic hydroxyl groups is 1. The standard InChI is InChI=1S/C21H23NO4/c1-21(2)13-16(22-10-6-9-19(24)25)20-17(23)11-15(12-18(20)26-21)14-7-4-3-5-8-14/h3-5,7-8,11-12,23H,6,9-10,13H2,1-2H3,(H,24,25). The fourth-order valence-corrected chi connectivity index (χ4v) is 3.17. The summed E-state index contributed by atoms with van der Waals surface area (Å²) in [4.78, 5) is 15.2. The Morgan fingerprint density at radius 1 is 1.19 bits per heavy atom. The largest absolute Gasteiger partial charge is 0.507 e. The van der Waals surface area contributed by atoms with Crippen molar-refractivity contribution in [3.8, 4) is 22.6 Å². The molecular weight excluding hydrogens is 330 g/mol. The number of hydrogen-bond acceptors (Lipinski definition) is 4. The maximum atomic E-state index is 10.7. The summed E-state index contributed by atoms with van der Waals surface area (Å²) in [5.74, 6) is -0.0841.